The summed E-state index contributed by atoms with van der Waals surface area (Å²) in [6.07, 6.45) is 7.33. The summed E-state index contributed by atoms with van der Waals surface area (Å²) in [7, 11) is 1.95. The van der Waals surface area contributed by atoms with Gasteiger partial charge >= 0.3 is 0 Å². The molecule has 0 aromatic carbocycles. The lowest BCUT2D eigenvalue weighted by atomic mass is 9.89. The van der Waals surface area contributed by atoms with E-state index in [2.05, 4.69) is 29.2 Å². The predicted molar refractivity (Wildman–Crippen MR) is 75.0 cm³/mol. The second kappa shape index (κ2) is 6.48. The van der Waals surface area contributed by atoms with Gasteiger partial charge in [0.25, 0.3) is 0 Å². The summed E-state index contributed by atoms with van der Waals surface area (Å²) in [6, 6.07) is 0.322. The molecule has 1 N–H and O–H groups in total. The molecule has 1 aliphatic rings. The van der Waals surface area contributed by atoms with Gasteiger partial charge in [-0.05, 0) is 26.3 Å². The van der Waals surface area contributed by atoms with Crippen molar-refractivity contribution >= 4 is 0 Å². The highest BCUT2D eigenvalue weighted by atomic mass is 16.5. The zero-order valence-electron chi connectivity index (χ0n) is 12.4. The van der Waals surface area contributed by atoms with Crippen LogP contribution in [0.25, 0.3) is 0 Å². The third-order valence-corrected chi connectivity index (χ3v) is 4.16. The summed E-state index contributed by atoms with van der Waals surface area (Å²) < 4.78 is 8.03. The van der Waals surface area contributed by atoms with Gasteiger partial charge in [0.15, 0.2) is 0 Å². The molecule has 0 saturated heterocycles. The molecule has 1 fully saturated rings. The molecule has 2 rings (SSSR count). The second-order valence-electron chi connectivity index (χ2n) is 5.32. The van der Waals surface area contributed by atoms with Crippen LogP contribution in [0.1, 0.15) is 45.4 Å². The van der Waals surface area contributed by atoms with Gasteiger partial charge in [-0.25, -0.2) is 4.98 Å². The Labute approximate surface area is 115 Å². The second-order valence-corrected chi connectivity index (χ2v) is 5.32. The van der Waals surface area contributed by atoms with E-state index in [0.29, 0.717) is 6.04 Å². The van der Waals surface area contributed by atoms with Gasteiger partial charge in [0, 0.05) is 26.1 Å². The Bertz CT molecular complexity index is 385. The number of rotatable bonds is 7. The van der Waals surface area contributed by atoms with E-state index in [4.69, 9.17) is 4.74 Å². The average molecular weight is 266 g/mol. The van der Waals surface area contributed by atoms with Gasteiger partial charge in [-0.2, -0.15) is 5.10 Å². The molecule has 1 heterocycles. The minimum atomic E-state index is -0.0172. The largest absolute Gasteiger partial charge is 0.374 e. The van der Waals surface area contributed by atoms with E-state index in [1.807, 2.05) is 11.7 Å². The van der Waals surface area contributed by atoms with Crippen LogP contribution in [-0.2, 0) is 18.2 Å². The predicted octanol–water partition coefficient (Wildman–Crippen LogP) is 1.68. The number of aromatic nitrogens is 3. The Morgan fingerprint density at radius 2 is 2.16 bits per heavy atom. The lowest BCUT2D eigenvalue weighted by molar-refractivity contribution is -0.0614. The summed E-state index contributed by atoms with van der Waals surface area (Å²) in [6.45, 7) is 5.97. The number of aryl methyl sites for hydroxylation is 1. The van der Waals surface area contributed by atoms with Crippen molar-refractivity contribution in [3.63, 3.8) is 0 Å². The monoisotopic (exact) mass is 266 g/mol. The number of likely N-dealkylation sites (N-methyl/N-ethyl adjacent to an activating group) is 1. The molecule has 1 aliphatic carbocycles. The third kappa shape index (κ3) is 3.15. The van der Waals surface area contributed by atoms with Gasteiger partial charge in [0.2, 0.25) is 0 Å². The zero-order chi connectivity index (χ0) is 13.7. The molecule has 0 aliphatic heterocycles. The van der Waals surface area contributed by atoms with Crippen molar-refractivity contribution in [2.24, 2.45) is 7.05 Å². The molecule has 0 spiro atoms. The van der Waals surface area contributed by atoms with Crippen LogP contribution in [0.5, 0.6) is 0 Å². The molecule has 1 saturated carbocycles. The van der Waals surface area contributed by atoms with Crippen LogP contribution in [0.4, 0.5) is 0 Å². The average Bonchev–Trinajstić information content (AvgIpc) is 3.00. The summed E-state index contributed by atoms with van der Waals surface area (Å²) in [5.74, 6) is 1.02. The highest BCUT2D eigenvalue weighted by Crippen LogP contribution is 2.37. The van der Waals surface area contributed by atoms with E-state index in [1.54, 1.807) is 6.33 Å². The van der Waals surface area contributed by atoms with Crippen LogP contribution in [0.2, 0.25) is 0 Å². The van der Waals surface area contributed by atoms with Crippen molar-refractivity contribution in [3.05, 3.63) is 12.2 Å². The van der Waals surface area contributed by atoms with Crippen molar-refractivity contribution in [1.29, 1.82) is 0 Å². The topological polar surface area (TPSA) is 52.0 Å². The van der Waals surface area contributed by atoms with Crippen molar-refractivity contribution in [2.45, 2.75) is 57.6 Å². The summed E-state index contributed by atoms with van der Waals surface area (Å²) in [5.41, 5.74) is -0.0172. The molecule has 0 bridgehead atoms. The van der Waals surface area contributed by atoms with Crippen molar-refractivity contribution in [1.82, 2.24) is 20.1 Å². The van der Waals surface area contributed by atoms with E-state index in [0.717, 1.165) is 38.2 Å². The maximum absolute atomic E-state index is 6.17. The quantitative estimate of drug-likeness (QED) is 0.816. The van der Waals surface area contributed by atoms with E-state index in [-0.39, 0.29) is 5.60 Å². The standard InChI is InChI=1S/C14H26N4O/c1-4-15-12(10-13-16-11-17-18(13)3)14(19-5-2)8-6-7-9-14/h11-12,15H,4-10H2,1-3H3. The summed E-state index contributed by atoms with van der Waals surface area (Å²) in [5, 5.41) is 7.77. The molecule has 5 nitrogen and oxygen atoms in total. The van der Waals surface area contributed by atoms with E-state index < -0.39 is 0 Å². The molecular weight excluding hydrogens is 240 g/mol. The SMILES string of the molecule is CCNC(Cc1ncnn1C)C1(OCC)CCCC1. The van der Waals surface area contributed by atoms with Crippen LogP contribution >= 0.6 is 0 Å². The first-order chi connectivity index (χ1) is 9.22. The molecule has 0 radical (unpaired) electrons. The smallest absolute Gasteiger partial charge is 0.138 e. The molecule has 108 valence electrons. The minimum Gasteiger partial charge on any atom is -0.374 e. The van der Waals surface area contributed by atoms with Gasteiger partial charge in [-0.1, -0.05) is 19.8 Å². The van der Waals surface area contributed by atoms with E-state index in [1.165, 1.54) is 12.8 Å². The molecule has 19 heavy (non-hydrogen) atoms. The molecule has 5 heteroatoms. The fourth-order valence-electron chi connectivity index (χ4n) is 3.23. The first-order valence-electron chi connectivity index (χ1n) is 7.42. The molecule has 1 atom stereocenters. The van der Waals surface area contributed by atoms with E-state index in [9.17, 15) is 0 Å². The van der Waals surface area contributed by atoms with Crippen LogP contribution in [-0.4, -0.2) is 39.6 Å². The van der Waals surface area contributed by atoms with Gasteiger partial charge in [-0.15, -0.1) is 0 Å². The zero-order valence-corrected chi connectivity index (χ0v) is 12.4. The lowest BCUT2D eigenvalue weighted by Crippen LogP contribution is -2.52. The highest BCUT2D eigenvalue weighted by molar-refractivity contribution is 5.02. The van der Waals surface area contributed by atoms with Crippen molar-refractivity contribution in [3.8, 4) is 0 Å². The summed E-state index contributed by atoms with van der Waals surface area (Å²) in [4.78, 5) is 4.36. The normalized spacial score (nSPS) is 19.7. The molecular formula is C14H26N4O. The molecule has 1 aromatic rings. The van der Waals surface area contributed by atoms with Gasteiger partial charge in [0.05, 0.1) is 5.60 Å². The number of hydrogen-bond acceptors (Lipinski definition) is 4. The van der Waals surface area contributed by atoms with Crippen LogP contribution in [0, 0.1) is 0 Å². The van der Waals surface area contributed by atoms with Crippen LogP contribution in [0.15, 0.2) is 6.33 Å². The Balaban J connectivity index is 2.15. The molecule has 1 aromatic heterocycles. The first kappa shape index (κ1) is 14.5. The van der Waals surface area contributed by atoms with Gasteiger partial charge in [-0.3, -0.25) is 4.68 Å². The Morgan fingerprint density at radius 1 is 1.42 bits per heavy atom. The number of ether oxygens (including phenoxy) is 1. The first-order valence-corrected chi connectivity index (χ1v) is 7.42. The number of nitrogens with zero attached hydrogens (tertiary/aromatic N) is 3. The number of nitrogens with one attached hydrogen (secondary N) is 1. The minimum absolute atomic E-state index is 0.0172. The Hall–Kier alpha value is -0.940. The van der Waals surface area contributed by atoms with Gasteiger partial charge in [0.1, 0.15) is 12.2 Å². The number of hydrogen-bond donors (Lipinski definition) is 1. The summed E-state index contributed by atoms with van der Waals surface area (Å²) >= 11 is 0. The third-order valence-electron chi connectivity index (χ3n) is 4.16. The maximum atomic E-state index is 6.17. The lowest BCUT2D eigenvalue weighted by Gasteiger charge is -2.37. The van der Waals surface area contributed by atoms with Crippen LogP contribution in [0.3, 0.4) is 0 Å². The Morgan fingerprint density at radius 3 is 2.68 bits per heavy atom. The van der Waals surface area contributed by atoms with Gasteiger partial charge < -0.3 is 10.1 Å². The fourth-order valence-corrected chi connectivity index (χ4v) is 3.23. The van der Waals surface area contributed by atoms with Crippen LogP contribution < -0.4 is 5.32 Å². The molecule has 1 unspecified atom stereocenters. The Kier molecular flexibility index (Phi) is 4.93. The maximum Gasteiger partial charge on any atom is 0.138 e. The molecule has 0 amide bonds. The van der Waals surface area contributed by atoms with Crippen molar-refractivity contribution < 1.29 is 4.74 Å². The van der Waals surface area contributed by atoms with Crippen molar-refractivity contribution in [2.75, 3.05) is 13.2 Å². The highest BCUT2D eigenvalue weighted by Gasteiger charge is 2.42. The fraction of sp³-hybridized carbons (Fsp3) is 0.857. The van der Waals surface area contributed by atoms with E-state index >= 15 is 0 Å².